The van der Waals surface area contributed by atoms with E-state index in [-0.39, 0.29) is 19.1 Å². The van der Waals surface area contributed by atoms with Gasteiger partial charge in [0.05, 0.1) is 6.54 Å². The highest BCUT2D eigenvalue weighted by Gasteiger charge is 2.37. The van der Waals surface area contributed by atoms with E-state index in [0.717, 1.165) is 11.3 Å². The van der Waals surface area contributed by atoms with Crippen molar-refractivity contribution in [3.8, 4) is 5.75 Å². The second-order valence-electron chi connectivity index (χ2n) is 6.71. The van der Waals surface area contributed by atoms with Crippen LogP contribution in [0.15, 0.2) is 36.5 Å². The quantitative estimate of drug-likeness (QED) is 0.823. The smallest absolute Gasteiger partial charge is 0.239 e. The summed E-state index contributed by atoms with van der Waals surface area (Å²) in [5, 5.41) is 17.6. The lowest BCUT2D eigenvalue weighted by atomic mass is 10.1. The molecule has 3 rings (SSSR count). The Labute approximate surface area is 147 Å². The minimum absolute atomic E-state index is 0.137. The lowest BCUT2D eigenvalue weighted by Gasteiger charge is -2.23. The third-order valence-corrected chi connectivity index (χ3v) is 4.26. The summed E-state index contributed by atoms with van der Waals surface area (Å²) in [6.07, 6.45) is 2.35. The maximum atomic E-state index is 12.1. The van der Waals surface area contributed by atoms with Gasteiger partial charge in [-0.2, -0.15) is 5.10 Å². The zero-order valence-corrected chi connectivity index (χ0v) is 14.6. The third kappa shape index (κ3) is 4.80. The monoisotopic (exact) mass is 344 g/mol. The van der Waals surface area contributed by atoms with Crippen LogP contribution in [0.1, 0.15) is 12.0 Å². The Bertz CT molecular complexity index is 745. The number of carbonyl (C=O) groups excluding carboxylic acids is 1. The lowest BCUT2D eigenvalue weighted by molar-refractivity contribution is -0.117. The number of aromatic nitrogens is 2. The number of anilines is 1. The molecule has 1 fully saturated rings. The predicted octanol–water partition coefficient (Wildman–Crippen LogP) is 1.18. The molecule has 0 unspecified atom stereocenters. The molecule has 1 saturated heterocycles. The SMILES string of the molecule is Cc1cccc(OC[C@]2(O)CCN(CC(=O)Nc3ccn(C)n3)C2)c1. The molecule has 7 heteroatoms. The molecule has 25 heavy (non-hydrogen) atoms. The summed E-state index contributed by atoms with van der Waals surface area (Å²) in [6.45, 7) is 3.51. The Kier molecular flexibility index (Phi) is 5.06. The zero-order valence-electron chi connectivity index (χ0n) is 14.6. The zero-order chi connectivity index (χ0) is 17.9. The van der Waals surface area contributed by atoms with Gasteiger partial charge < -0.3 is 15.2 Å². The van der Waals surface area contributed by atoms with E-state index in [1.807, 2.05) is 36.1 Å². The Morgan fingerprint density at radius 3 is 3.00 bits per heavy atom. The fraction of sp³-hybridized carbons (Fsp3) is 0.444. The van der Waals surface area contributed by atoms with Gasteiger partial charge in [0.2, 0.25) is 5.91 Å². The van der Waals surface area contributed by atoms with Crippen molar-refractivity contribution in [3.05, 3.63) is 42.1 Å². The van der Waals surface area contributed by atoms with Crippen molar-refractivity contribution in [1.29, 1.82) is 0 Å². The number of hydrogen-bond acceptors (Lipinski definition) is 5. The van der Waals surface area contributed by atoms with E-state index in [1.54, 1.807) is 24.0 Å². The molecule has 0 saturated carbocycles. The molecule has 7 nitrogen and oxygen atoms in total. The molecule has 1 aromatic heterocycles. The van der Waals surface area contributed by atoms with Crippen LogP contribution >= 0.6 is 0 Å². The minimum Gasteiger partial charge on any atom is -0.491 e. The molecule has 0 spiro atoms. The van der Waals surface area contributed by atoms with Gasteiger partial charge in [0.1, 0.15) is 18.0 Å². The summed E-state index contributed by atoms with van der Waals surface area (Å²) in [4.78, 5) is 14.0. The Hall–Kier alpha value is -2.38. The molecule has 2 aromatic rings. The van der Waals surface area contributed by atoms with Gasteiger partial charge in [0.25, 0.3) is 0 Å². The van der Waals surface area contributed by atoms with Gasteiger partial charge in [-0.3, -0.25) is 14.4 Å². The average Bonchev–Trinajstić information content (AvgIpc) is 3.12. The van der Waals surface area contributed by atoms with E-state index in [9.17, 15) is 9.90 Å². The lowest BCUT2D eigenvalue weighted by Crippen LogP contribution is -2.41. The molecule has 2 heterocycles. The maximum Gasteiger partial charge on any atom is 0.239 e. The van der Waals surface area contributed by atoms with E-state index in [2.05, 4.69) is 10.4 Å². The molecule has 1 aromatic carbocycles. The highest BCUT2D eigenvalue weighted by Crippen LogP contribution is 2.23. The first kappa shape index (κ1) is 17.4. The van der Waals surface area contributed by atoms with E-state index in [1.165, 1.54) is 0 Å². The highest BCUT2D eigenvalue weighted by atomic mass is 16.5. The number of nitrogens with zero attached hydrogens (tertiary/aromatic N) is 3. The van der Waals surface area contributed by atoms with Crippen molar-refractivity contribution in [3.63, 3.8) is 0 Å². The molecule has 1 atom stereocenters. The standard InChI is InChI=1S/C18H24N4O3/c1-14-4-3-5-15(10-14)25-13-18(24)7-9-22(12-18)11-17(23)19-16-6-8-21(2)20-16/h3-6,8,10,24H,7,9,11-13H2,1-2H3,(H,19,20,23)/t18-/m0/s1. The van der Waals surface area contributed by atoms with Crippen LogP contribution in [0.2, 0.25) is 0 Å². The first-order valence-electron chi connectivity index (χ1n) is 8.36. The first-order chi connectivity index (χ1) is 11.9. The minimum atomic E-state index is -0.935. The van der Waals surface area contributed by atoms with Crippen molar-refractivity contribution < 1.29 is 14.6 Å². The molecule has 0 bridgehead atoms. The number of likely N-dealkylation sites (tertiary alicyclic amines) is 1. The normalized spacial score (nSPS) is 20.6. The van der Waals surface area contributed by atoms with Gasteiger partial charge in [-0.25, -0.2) is 0 Å². The predicted molar refractivity (Wildman–Crippen MR) is 94.5 cm³/mol. The molecule has 0 radical (unpaired) electrons. The molecule has 2 N–H and O–H groups in total. The van der Waals surface area contributed by atoms with Crippen LogP contribution in [0.25, 0.3) is 0 Å². The Balaban J connectivity index is 1.47. The maximum absolute atomic E-state index is 12.1. The second kappa shape index (κ2) is 7.25. The average molecular weight is 344 g/mol. The van der Waals surface area contributed by atoms with Gasteiger partial charge in [-0.1, -0.05) is 12.1 Å². The van der Waals surface area contributed by atoms with Gasteiger partial charge in [-0.05, 0) is 31.0 Å². The fourth-order valence-electron chi connectivity index (χ4n) is 2.98. The van der Waals surface area contributed by atoms with E-state index < -0.39 is 5.60 Å². The molecule has 134 valence electrons. The number of rotatable bonds is 6. The van der Waals surface area contributed by atoms with Crippen LogP contribution in [0.4, 0.5) is 5.82 Å². The fourth-order valence-corrected chi connectivity index (χ4v) is 2.98. The van der Waals surface area contributed by atoms with Gasteiger partial charge >= 0.3 is 0 Å². The molecular formula is C18H24N4O3. The number of hydrogen-bond donors (Lipinski definition) is 2. The van der Waals surface area contributed by atoms with Crippen LogP contribution in [0.5, 0.6) is 5.75 Å². The summed E-state index contributed by atoms with van der Waals surface area (Å²) in [5.41, 5.74) is 0.179. The summed E-state index contributed by atoms with van der Waals surface area (Å²) in [5.74, 6) is 1.15. The van der Waals surface area contributed by atoms with Crippen molar-refractivity contribution in [2.24, 2.45) is 7.05 Å². The highest BCUT2D eigenvalue weighted by molar-refractivity contribution is 5.91. The van der Waals surface area contributed by atoms with Crippen molar-refractivity contribution in [1.82, 2.24) is 14.7 Å². The molecule has 1 aliphatic rings. The van der Waals surface area contributed by atoms with Crippen LogP contribution in [0, 0.1) is 6.92 Å². The van der Waals surface area contributed by atoms with Crippen molar-refractivity contribution in [2.75, 3.05) is 31.6 Å². The summed E-state index contributed by atoms with van der Waals surface area (Å²) in [6, 6.07) is 9.49. The summed E-state index contributed by atoms with van der Waals surface area (Å²) < 4.78 is 7.37. The summed E-state index contributed by atoms with van der Waals surface area (Å²) in [7, 11) is 1.80. The van der Waals surface area contributed by atoms with E-state index in [4.69, 9.17) is 4.74 Å². The third-order valence-electron chi connectivity index (χ3n) is 4.26. The van der Waals surface area contributed by atoms with E-state index in [0.29, 0.717) is 25.3 Å². The Morgan fingerprint density at radius 1 is 1.44 bits per heavy atom. The van der Waals surface area contributed by atoms with Crippen LogP contribution in [-0.4, -0.2) is 57.5 Å². The van der Waals surface area contributed by atoms with Crippen LogP contribution in [-0.2, 0) is 11.8 Å². The number of carbonyl (C=O) groups is 1. The van der Waals surface area contributed by atoms with Gasteiger partial charge in [-0.15, -0.1) is 0 Å². The second-order valence-corrected chi connectivity index (χ2v) is 6.71. The molecule has 0 aliphatic carbocycles. The van der Waals surface area contributed by atoms with Crippen LogP contribution < -0.4 is 10.1 Å². The van der Waals surface area contributed by atoms with Crippen LogP contribution in [0.3, 0.4) is 0 Å². The molecule has 1 aliphatic heterocycles. The topological polar surface area (TPSA) is 79.6 Å². The number of β-amino-alcohol motifs (C(OH)–C–C–N with tert-alkyl or cyclic N) is 1. The molecule has 1 amide bonds. The van der Waals surface area contributed by atoms with Crippen molar-refractivity contribution >= 4 is 11.7 Å². The van der Waals surface area contributed by atoms with Gasteiger partial charge in [0, 0.05) is 32.4 Å². The van der Waals surface area contributed by atoms with Gasteiger partial charge in [0.15, 0.2) is 5.82 Å². The Morgan fingerprint density at radius 2 is 2.28 bits per heavy atom. The number of benzene rings is 1. The number of aliphatic hydroxyl groups is 1. The summed E-state index contributed by atoms with van der Waals surface area (Å²) >= 11 is 0. The number of aryl methyl sites for hydroxylation is 2. The van der Waals surface area contributed by atoms with E-state index >= 15 is 0 Å². The number of amides is 1. The van der Waals surface area contributed by atoms with Crippen molar-refractivity contribution in [2.45, 2.75) is 18.9 Å². The first-order valence-corrected chi connectivity index (χ1v) is 8.36. The molecular weight excluding hydrogens is 320 g/mol. The number of nitrogens with one attached hydrogen (secondary N) is 1. The number of ether oxygens (including phenoxy) is 1. The largest absolute Gasteiger partial charge is 0.491 e.